The van der Waals surface area contributed by atoms with Crippen LogP contribution in [0.15, 0.2) is 73.3 Å². The molecule has 0 saturated carbocycles. The third-order valence-electron chi connectivity index (χ3n) is 3.35. The quantitative estimate of drug-likeness (QED) is 0.511. The molecule has 2 heteroatoms. The van der Waals surface area contributed by atoms with Gasteiger partial charge in [-0.25, -0.2) is 4.79 Å². The smallest absolute Gasteiger partial charge is 0.344 e. The van der Waals surface area contributed by atoms with E-state index in [0.717, 1.165) is 16.3 Å². The first kappa shape index (κ1) is 13.1. The minimum atomic E-state index is -0.373. The summed E-state index contributed by atoms with van der Waals surface area (Å²) in [4.78, 5) is 12.4. The lowest BCUT2D eigenvalue weighted by atomic mass is 10.1. The normalized spacial score (nSPS) is 10.3. The summed E-state index contributed by atoms with van der Waals surface area (Å²) in [5.41, 5.74) is 1.28. The van der Waals surface area contributed by atoms with Crippen LogP contribution >= 0.6 is 0 Å². The van der Waals surface area contributed by atoms with Gasteiger partial charge in [-0.1, -0.05) is 67.3 Å². The van der Waals surface area contributed by atoms with Gasteiger partial charge in [-0.3, -0.25) is 0 Å². The van der Waals surface area contributed by atoms with Crippen molar-refractivity contribution < 1.29 is 9.53 Å². The van der Waals surface area contributed by atoms with Crippen molar-refractivity contribution in [2.24, 2.45) is 0 Å². The van der Waals surface area contributed by atoms with E-state index in [4.69, 9.17) is 4.74 Å². The van der Waals surface area contributed by atoms with Crippen LogP contribution < -0.4 is 4.74 Å². The average Bonchev–Trinajstić information content (AvgIpc) is 2.55. The lowest BCUT2D eigenvalue weighted by Gasteiger charge is -2.09. The highest BCUT2D eigenvalue weighted by Gasteiger charge is 2.13. The molecule has 3 aromatic carbocycles. The standard InChI is InChI=1S/C19H14O2/c1-2-14-8-3-6-12-17(14)19(20)21-18-13-7-10-15-9-4-5-11-16(15)18/h2-13H,1H2. The zero-order valence-corrected chi connectivity index (χ0v) is 11.5. The summed E-state index contributed by atoms with van der Waals surface area (Å²) in [6.45, 7) is 3.72. The van der Waals surface area contributed by atoms with E-state index in [0.29, 0.717) is 11.3 Å². The third-order valence-corrected chi connectivity index (χ3v) is 3.35. The van der Waals surface area contributed by atoms with Crippen LogP contribution in [0.5, 0.6) is 5.75 Å². The molecule has 0 radical (unpaired) electrons. The maximum absolute atomic E-state index is 12.4. The van der Waals surface area contributed by atoms with Gasteiger partial charge >= 0.3 is 5.97 Å². The van der Waals surface area contributed by atoms with Crippen molar-refractivity contribution in [2.45, 2.75) is 0 Å². The van der Waals surface area contributed by atoms with Crippen LogP contribution in [0.1, 0.15) is 15.9 Å². The number of esters is 1. The van der Waals surface area contributed by atoms with Crippen LogP contribution in [0.3, 0.4) is 0 Å². The molecule has 3 rings (SSSR count). The van der Waals surface area contributed by atoms with Gasteiger partial charge in [-0.15, -0.1) is 0 Å². The molecule has 0 N–H and O–H groups in total. The van der Waals surface area contributed by atoms with Crippen molar-refractivity contribution in [3.63, 3.8) is 0 Å². The van der Waals surface area contributed by atoms with E-state index in [2.05, 4.69) is 6.58 Å². The zero-order chi connectivity index (χ0) is 14.7. The van der Waals surface area contributed by atoms with Crippen LogP contribution in [-0.2, 0) is 0 Å². The van der Waals surface area contributed by atoms with Gasteiger partial charge in [0.15, 0.2) is 0 Å². The second-order valence-corrected chi connectivity index (χ2v) is 4.66. The minimum Gasteiger partial charge on any atom is -0.422 e. The van der Waals surface area contributed by atoms with E-state index in [1.165, 1.54) is 0 Å². The van der Waals surface area contributed by atoms with Crippen LogP contribution in [0, 0.1) is 0 Å². The Morgan fingerprint density at radius 3 is 2.48 bits per heavy atom. The molecule has 0 aliphatic rings. The van der Waals surface area contributed by atoms with E-state index in [-0.39, 0.29) is 5.97 Å². The lowest BCUT2D eigenvalue weighted by Crippen LogP contribution is -2.10. The fraction of sp³-hybridized carbons (Fsp3) is 0. The Labute approximate surface area is 123 Å². The Kier molecular flexibility index (Phi) is 3.52. The molecule has 0 atom stereocenters. The molecule has 0 saturated heterocycles. The predicted octanol–water partition coefficient (Wildman–Crippen LogP) is 4.70. The van der Waals surface area contributed by atoms with E-state index in [1.54, 1.807) is 18.2 Å². The molecule has 0 amide bonds. The molecular weight excluding hydrogens is 260 g/mol. The summed E-state index contributed by atoms with van der Waals surface area (Å²) in [6, 6.07) is 20.8. The van der Waals surface area contributed by atoms with Gasteiger partial charge in [0.2, 0.25) is 0 Å². The monoisotopic (exact) mass is 274 g/mol. The van der Waals surface area contributed by atoms with Crippen LogP contribution in [0.4, 0.5) is 0 Å². The molecule has 0 aromatic heterocycles. The fourth-order valence-corrected chi connectivity index (χ4v) is 2.30. The predicted molar refractivity (Wildman–Crippen MR) is 85.4 cm³/mol. The first-order chi connectivity index (χ1) is 10.3. The van der Waals surface area contributed by atoms with Crippen LogP contribution in [-0.4, -0.2) is 5.97 Å². The molecule has 0 unspecified atom stereocenters. The van der Waals surface area contributed by atoms with Crippen molar-refractivity contribution in [3.05, 3.63) is 84.4 Å². The molecule has 2 nitrogen and oxygen atoms in total. The van der Waals surface area contributed by atoms with Gasteiger partial charge in [0.05, 0.1) is 5.56 Å². The topological polar surface area (TPSA) is 26.3 Å². The Hall–Kier alpha value is -2.87. The van der Waals surface area contributed by atoms with E-state index >= 15 is 0 Å². The first-order valence-corrected chi connectivity index (χ1v) is 6.71. The maximum atomic E-state index is 12.4. The van der Waals surface area contributed by atoms with Gasteiger partial charge in [-0.2, -0.15) is 0 Å². The Morgan fingerprint density at radius 1 is 0.905 bits per heavy atom. The molecule has 0 aliphatic carbocycles. The second kappa shape index (κ2) is 5.63. The largest absolute Gasteiger partial charge is 0.422 e. The van der Waals surface area contributed by atoms with Gasteiger partial charge in [0, 0.05) is 5.39 Å². The highest BCUT2D eigenvalue weighted by atomic mass is 16.5. The van der Waals surface area contributed by atoms with Crippen molar-refractivity contribution in [3.8, 4) is 5.75 Å². The second-order valence-electron chi connectivity index (χ2n) is 4.66. The van der Waals surface area contributed by atoms with Crippen molar-refractivity contribution in [1.29, 1.82) is 0 Å². The highest BCUT2D eigenvalue weighted by molar-refractivity contribution is 5.97. The highest BCUT2D eigenvalue weighted by Crippen LogP contribution is 2.26. The Balaban J connectivity index is 1.99. The molecule has 0 heterocycles. The van der Waals surface area contributed by atoms with Gasteiger partial charge < -0.3 is 4.74 Å². The summed E-state index contributed by atoms with van der Waals surface area (Å²) < 4.78 is 5.57. The van der Waals surface area contributed by atoms with E-state index < -0.39 is 0 Å². The van der Waals surface area contributed by atoms with Crippen molar-refractivity contribution >= 4 is 22.8 Å². The molecule has 0 fully saturated rings. The number of fused-ring (bicyclic) bond motifs is 1. The van der Waals surface area contributed by atoms with Crippen molar-refractivity contribution in [1.82, 2.24) is 0 Å². The SMILES string of the molecule is C=Cc1ccccc1C(=O)Oc1cccc2ccccc12. The number of rotatable bonds is 3. The van der Waals surface area contributed by atoms with Crippen LogP contribution in [0.2, 0.25) is 0 Å². The fourth-order valence-electron chi connectivity index (χ4n) is 2.30. The zero-order valence-electron chi connectivity index (χ0n) is 11.5. The summed E-state index contributed by atoms with van der Waals surface area (Å²) in [7, 11) is 0. The first-order valence-electron chi connectivity index (χ1n) is 6.71. The number of ether oxygens (including phenoxy) is 1. The molecule has 0 spiro atoms. The Morgan fingerprint density at radius 2 is 1.62 bits per heavy atom. The van der Waals surface area contributed by atoms with Gasteiger partial charge in [0.1, 0.15) is 5.75 Å². The number of carbonyl (C=O) groups excluding carboxylic acids is 1. The van der Waals surface area contributed by atoms with E-state index in [1.807, 2.05) is 54.6 Å². The van der Waals surface area contributed by atoms with E-state index in [9.17, 15) is 4.79 Å². The summed E-state index contributed by atoms with van der Waals surface area (Å²) >= 11 is 0. The minimum absolute atomic E-state index is 0.373. The van der Waals surface area contributed by atoms with Gasteiger partial charge in [-0.05, 0) is 23.1 Å². The summed E-state index contributed by atoms with van der Waals surface area (Å²) in [5.74, 6) is 0.193. The number of carbonyl (C=O) groups is 1. The molecule has 102 valence electrons. The molecular formula is C19H14O2. The number of benzene rings is 3. The van der Waals surface area contributed by atoms with Gasteiger partial charge in [0.25, 0.3) is 0 Å². The molecule has 3 aromatic rings. The third kappa shape index (κ3) is 2.56. The summed E-state index contributed by atoms with van der Waals surface area (Å²) in [6.07, 6.45) is 1.65. The molecule has 21 heavy (non-hydrogen) atoms. The lowest BCUT2D eigenvalue weighted by molar-refractivity contribution is 0.0737. The maximum Gasteiger partial charge on any atom is 0.344 e. The molecule has 0 bridgehead atoms. The van der Waals surface area contributed by atoms with Crippen LogP contribution in [0.25, 0.3) is 16.8 Å². The molecule has 0 aliphatic heterocycles. The Bertz CT molecular complexity index is 813. The average molecular weight is 274 g/mol. The summed E-state index contributed by atoms with van der Waals surface area (Å²) in [5, 5.41) is 1.96. The number of hydrogen-bond acceptors (Lipinski definition) is 2. The number of hydrogen-bond donors (Lipinski definition) is 0. The van der Waals surface area contributed by atoms with Crippen molar-refractivity contribution in [2.75, 3.05) is 0 Å².